The average molecular weight is 1940 g/mol. The van der Waals surface area contributed by atoms with Crippen molar-refractivity contribution in [3.05, 3.63) is 473 Å². The Morgan fingerprint density at radius 1 is 0.160 bits per heavy atom. The summed E-state index contributed by atoms with van der Waals surface area (Å²) in [6, 6.07) is 165. The van der Waals surface area contributed by atoms with E-state index in [1.54, 1.807) is 0 Å². The molecule has 0 amide bonds. The monoisotopic (exact) mass is 1940 g/mol. The first-order valence-corrected chi connectivity index (χ1v) is 50.9. The van der Waals surface area contributed by atoms with Gasteiger partial charge in [0.15, 0.2) is 22.3 Å². The molecule has 0 saturated carbocycles. The summed E-state index contributed by atoms with van der Waals surface area (Å²) in [4.78, 5) is 21.6. The summed E-state index contributed by atoms with van der Waals surface area (Å²) in [5, 5.41) is 26.6. The van der Waals surface area contributed by atoms with E-state index >= 15 is 0 Å². The minimum absolute atomic E-state index is 0.614. The lowest BCUT2D eigenvalue weighted by molar-refractivity contribution is 0.623. The number of benzene rings is 24. The fourth-order valence-corrected chi connectivity index (χ4v) is 23.7. The fraction of sp³-hybridized carbons (Fsp3) is 0. The first kappa shape index (κ1) is 84.4. The number of nitrogens with zero attached hydrogens (tertiary/aromatic N) is 6. The van der Waals surface area contributed by atoms with Crippen molar-refractivity contribution in [2.75, 3.05) is 14.7 Å². The van der Waals surface area contributed by atoms with Crippen LogP contribution in [-0.2, 0) is 0 Å². The highest BCUT2D eigenvalue weighted by molar-refractivity contribution is 7.25. The molecule has 33 aromatic rings. The third-order valence-electron chi connectivity index (χ3n) is 29.6. The molecule has 0 bridgehead atoms. The van der Waals surface area contributed by atoms with E-state index in [-0.39, 0.29) is 0 Å². The van der Waals surface area contributed by atoms with Gasteiger partial charge in [0, 0.05) is 158 Å². The Kier molecular flexibility index (Phi) is 19.0. The van der Waals surface area contributed by atoms with Crippen molar-refractivity contribution >= 4 is 290 Å². The SMILES string of the molecule is c1ccc(-c2nc3ccc4ccc5cc(N(c6ccc7c(c6)sc6ccccc67)c6ccc7oc8ccccc8c7c6)ccc5c4c3o2)cc1.c1ccc(-c2nc3ccc4ccc5cc(N(c6ccc7oc8ccccc8c7c6)c6cccc7c6oc6ccccc67)ccc5c4c3o2)cc1.c1ccc(-c2nc3ccc4ccc5ccc(N(c6ccc7c(c6)oc6ccccc67)c6ccc7oc8ccccc8c7c6)cc5c4c3o2)cc1. The second-order valence-corrected chi connectivity index (χ2v) is 39.3. The van der Waals surface area contributed by atoms with Gasteiger partial charge < -0.3 is 50.0 Å². The maximum atomic E-state index is 6.60. The zero-order valence-corrected chi connectivity index (χ0v) is 80.7. The Morgan fingerprint density at radius 2 is 0.460 bits per heavy atom. The molecule has 15 heteroatoms. The number of anilines is 9. The Morgan fingerprint density at radius 3 is 0.940 bits per heavy atom. The molecule has 0 aliphatic carbocycles. The Bertz CT molecular complexity index is 11400. The van der Waals surface area contributed by atoms with Gasteiger partial charge in [0.05, 0.1) is 5.69 Å². The molecule has 0 atom stereocenters. The zero-order chi connectivity index (χ0) is 98.3. The van der Waals surface area contributed by atoms with Crippen molar-refractivity contribution < 1.29 is 35.3 Å². The van der Waals surface area contributed by atoms with Gasteiger partial charge in [0.1, 0.15) is 66.8 Å². The Labute approximate surface area is 856 Å². The van der Waals surface area contributed by atoms with E-state index in [0.717, 1.165) is 276 Å². The Balaban J connectivity index is 0.000000101. The molecule has 0 N–H and O–H groups in total. The molecule has 150 heavy (non-hydrogen) atoms. The van der Waals surface area contributed by atoms with Crippen LogP contribution >= 0.6 is 11.3 Å². The number of aromatic nitrogens is 3. The highest BCUT2D eigenvalue weighted by atomic mass is 32.1. The summed E-state index contributed by atoms with van der Waals surface area (Å²) in [6.07, 6.45) is 0. The number of hydrogen-bond donors (Lipinski definition) is 0. The second kappa shape index (κ2) is 33.7. The van der Waals surface area contributed by atoms with E-state index in [0.29, 0.717) is 17.7 Å². The van der Waals surface area contributed by atoms with E-state index in [4.69, 9.17) is 50.3 Å². The molecule has 0 radical (unpaired) electrons. The molecule has 33 rings (SSSR count). The van der Waals surface area contributed by atoms with Crippen LogP contribution in [0.2, 0.25) is 0 Å². The van der Waals surface area contributed by atoms with E-state index < -0.39 is 0 Å². The molecule has 0 saturated heterocycles. The van der Waals surface area contributed by atoms with Gasteiger partial charge in [0.2, 0.25) is 17.7 Å². The third kappa shape index (κ3) is 13.8. The number of para-hydroxylation sites is 6. The molecule has 0 spiro atoms. The number of hydrogen-bond acceptors (Lipinski definition) is 15. The van der Waals surface area contributed by atoms with Crippen LogP contribution in [0.1, 0.15) is 0 Å². The predicted octanol–water partition coefficient (Wildman–Crippen LogP) is 39.7. The molecule has 0 fully saturated rings. The normalized spacial score (nSPS) is 12.0. The molecule has 24 aromatic carbocycles. The molecular weight excluding hydrogens is 1870 g/mol. The van der Waals surface area contributed by atoms with Gasteiger partial charge in [-0.25, -0.2) is 15.0 Å². The van der Waals surface area contributed by atoms with E-state index in [2.05, 4.69) is 324 Å². The molecule has 0 unspecified atom stereocenters. The molecular formula is C135H78N6O8S. The van der Waals surface area contributed by atoms with Crippen LogP contribution in [0.15, 0.2) is 509 Å². The first-order chi connectivity index (χ1) is 74.3. The van der Waals surface area contributed by atoms with Crippen molar-refractivity contribution in [3.8, 4) is 34.4 Å². The zero-order valence-electron chi connectivity index (χ0n) is 79.9. The van der Waals surface area contributed by atoms with Gasteiger partial charge in [-0.05, 0) is 261 Å². The van der Waals surface area contributed by atoms with Gasteiger partial charge in [0.25, 0.3) is 0 Å². The molecule has 9 aromatic heterocycles. The van der Waals surface area contributed by atoms with Gasteiger partial charge in [-0.1, -0.05) is 255 Å². The van der Waals surface area contributed by atoms with Crippen LogP contribution in [0.3, 0.4) is 0 Å². The van der Waals surface area contributed by atoms with Crippen molar-refractivity contribution in [2.45, 2.75) is 0 Å². The number of oxazole rings is 3. The average Bonchev–Trinajstić information content (AvgIpc) is 1.50. The van der Waals surface area contributed by atoms with Crippen molar-refractivity contribution in [3.63, 3.8) is 0 Å². The van der Waals surface area contributed by atoms with Crippen LogP contribution in [0, 0.1) is 0 Å². The topological polar surface area (TPSA) is 154 Å². The van der Waals surface area contributed by atoms with Crippen LogP contribution in [-0.4, -0.2) is 15.0 Å². The van der Waals surface area contributed by atoms with Gasteiger partial charge >= 0.3 is 0 Å². The number of thiophene rings is 1. The molecule has 14 nitrogen and oxygen atoms in total. The summed E-state index contributed by atoms with van der Waals surface area (Å²) < 4.78 is 53.8. The summed E-state index contributed by atoms with van der Waals surface area (Å²) >= 11 is 1.84. The maximum absolute atomic E-state index is 6.60. The smallest absolute Gasteiger partial charge is 0.227 e. The quantitative estimate of drug-likeness (QED) is 0.107. The second-order valence-electron chi connectivity index (χ2n) is 38.3. The number of furan rings is 5. The van der Waals surface area contributed by atoms with E-state index in [1.165, 1.54) is 20.2 Å². The van der Waals surface area contributed by atoms with Crippen molar-refractivity contribution in [2.24, 2.45) is 0 Å². The maximum Gasteiger partial charge on any atom is 0.227 e. The molecule has 0 aliphatic rings. The predicted molar refractivity (Wildman–Crippen MR) is 617 cm³/mol. The summed E-state index contributed by atoms with van der Waals surface area (Å²) in [5.74, 6) is 1.86. The minimum Gasteiger partial charge on any atom is -0.456 e. The molecule has 0 aliphatic heterocycles. The molecule has 702 valence electrons. The van der Waals surface area contributed by atoms with E-state index in [1.807, 2.05) is 175 Å². The number of fused-ring (bicyclic) bond motifs is 33. The van der Waals surface area contributed by atoms with Crippen molar-refractivity contribution in [1.29, 1.82) is 0 Å². The highest BCUT2D eigenvalue weighted by Gasteiger charge is 2.28. The van der Waals surface area contributed by atoms with Crippen molar-refractivity contribution in [1.82, 2.24) is 15.0 Å². The van der Waals surface area contributed by atoms with Gasteiger partial charge in [-0.15, -0.1) is 11.3 Å². The van der Waals surface area contributed by atoms with Gasteiger partial charge in [-0.2, -0.15) is 0 Å². The van der Waals surface area contributed by atoms with Crippen LogP contribution in [0.4, 0.5) is 51.2 Å². The third-order valence-corrected chi connectivity index (χ3v) is 30.7. The lowest BCUT2D eigenvalue weighted by atomic mass is 10.00. The number of rotatable bonds is 12. The summed E-state index contributed by atoms with van der Waals surface area (Å²) in [7, 11) is 0. The van der Waals surface area contributed by atoms with Crippen LogP contribution in [0.5, 0.6) is 0 Å². The lowest BCUT2D eigenvalue weighted by Crippen LogP contribution is -2.10. The fourth-order valence-electron chi connectivity index (χ4n) is 22.6. The summed E-state index contributed by atoms with van der Waals surface area (Å²) in [6.45, 7) is 0. The molecule has 9 heterocycles. The standard InChI is InChI=1S/2C45H26N2O3.C45H26N2O2S/c1-2-9-28(10-3-1)45-46-37-23-19-27-17-18-29-25-30(20-22-32(29)42(27)44(37)50-45)47(31-21-24-41-36(26-31)34-12-5-6-15-39(34)48-41)38-14-8-13-35-33-11-4-7-16-40(33)49-43(35)38;1-2-8-29(9-3-1)45-46-38-22-17-28-15-14-27-16-18-30(24-36(27)43(28)44(38)50-45)47(31-20-23-41-37(25-31)34-11-5-7-13-40(34)48-41)32-19-21-35-33-10-4-6-12-39(33)49-42(35)26-32;1-2-8-28(9-3-1)45-46-38-22-16-27-14-15-29-24-30(17-20-33(29)43(27)44(38)49-45)47(31-19-23-40-37(25-31)34-10-4-6-12-39(34)48-40)32-18-21-36-35-11-5-7-13-41(35)50-42(36)26-32/h3*1-26H. The van der Waals surface area contributed by atoms with Crippen LogP contribution < -0.4 is 14.7 Å². The summed E-state index contributed by atoms with van der Waals surface area (Å²) in [5.41, 5.74) is 25.6. The largest absolute Gasteiger partial charge is 0.456 e. The highest BCUT2D eigenvalue weighted by Crippen LogP contribution is 2.52. The minimum atomic E-state index is 0.614. The van der Waals surface area contributed by atoms with Crippen LogP contribution in [0.25, 0.3) is 262 Å². The first-order valence-electron chi connectivity index (χ1n) is 50.1. The lowest BCUT2D eigenvalue weighted by Gasteiger charge is -2.26. The van der Waals surface area contributed by atoms with E-state index in [9.17, 15) is 0 Å². The van der Waals surface area contributed by atoms with Gasteiger partial charge in [-0.3, -0.25) is 0 Å². The Hall–Kier alpha value is -20.1.